The molecule has 0 aromatic rings. The summed E-state index contributed by atoms with van der Waals surface area (Å²) in [6.45, 7) is 3.59. The van der Waals surface area contributed by atoms with Crippen molar-refractivity contribution in [3.8, 4) is 0 Å². The second kappa shape index (κ2) is 5.98. The Morgan fingerprint density at radius 2 is 2.00 bits per heavy atom. The molecule has 0 heterocycles. The summed E-state index contributed by atoms with van der Waals surface area (Å²) in [4.78, 5) is 22.7. The van der Waals surface area contributed by atoms with Crippen LogP contribution >= 0.6 is 7.37 Å². The van der Waals surface area contributed by atoms with Crippen LogP contribution in [-0.2, 0) is 9.36 Å². The highest BCUT2D eigenvalue weighted by Crippen LogP contribution is 2.52. The average molecular weight is 263 g/mol. The van der Waals surface area contributed by atoms with Gasteiger partial charge < -0.3 is 14.9 Å². The fourth-order valence-electron chi connectivity index (χ4n) is 2.33. The molecule has 0 aliphatic heterocycles. The van der Waals surface area contributed by atoms with Gasteiger partial charge in [0, 0.05) is 13.5 Å². The number of aliphatic hydroxyl groups excluding tert-OH is 1. The van der Waals surface area contributed by atoms with E-state index in [1.807, 2.05) is 0 Å². The van der Waals surface area contributed by atoms with Gasteiger partial charge in [0.15, 0.2) is 0 Å². The molecule has 1 unspecified atom stereocenters. The number of nitrogens with zero attached hydrogens (tertiary/aromatic N) is 1. The van der Waals surface area contributed by atoms with Gasteiger partial charge in [-0.25, -0.2) is 0 Å². The van der Waals surface area contributed by atoms with Gasteiger partial charge in [-0.05, 0) is 19.8 Å². The molecule has 3 atom stereocenters. The van der Waals surface area contributed by atoms with Gasteiger partial charge in [0.05, 0.1) is 18.0 Å². The van der Waals surface area contributed by atoms with E-state index in [-0.39, 0.29) is 12.2 Å². The second-order valence-electron chi connectivity index (χ2n) is 4.69. The molecule has 17 heavy (non-hydrogen) atoms. The van der Waals surface area contributed by atoms with E-state index >= 15 is 0 Å². The largest absolute Gasteiger partial charge is 0.392 e. The smallest absolute Gasteiger partial charge is 0.224 e. The highest BCUT2D eigenvalue weighted by atomic mass is 31.2. The molecule has 0 spiro atoms. The van der Waals surface area contributed by atoms with Gasteiger partial charge in [-0.15, -0.1) is 0 Å². The molecule has 1 rings (SSSR count). The van der Waals surface area contributed by atoms with E-state index in [9.17, 15) is 19.4 Å². The summed E-state index contributed by atoms with van der Waals surface area (Å²) in [7, 11) is -3.50. The second-order valence-corrected chi connectivity index (χ2v) is 7.15. The molecule has 0 aromatic heterocycles. The first kappa shape index (κ1) is 14.7. The van der Waals surface area contributed by atoms with E-state index in [1.54, 1.807) is 6.92 Å². The molecular weight excluding hydrogens is 241 g/mol. The van der Waals surface area contributed by atoms with Crippen molar-refractivity contribution >= 4 is 13.3 Å². The summed E-state index contributed by atoms with van der Waals surface area (Å²) in [6.07, 6.45) is 2.09. The Morgan fingerprint density at radius 1 is 1.41 bits per heavy atom. The Balaban J connectivity index is 2.72. The Morgan fingerprint density at radius 3 is 2.47 bits per heavy atom. The lowest BCUT2D eigenvalue weighted by atomic mass is 9.97. The van der Waals surface area contributed by atoms with Crippen molar-refractivity contribution in [1.29, 1.82) is 0 Å². The van der Waals surface area contributed by atoms with E-state index < -0.39 is 19.1 Å². The van der Waals surface area contributed by atoms with E-state index in [0.29, 0.717) is 19.4 Å². The Kier molecular flexibility index (Phi) is 5.17. The SMILES string of the molecule is CCN(CP(=O)(O)[C@H]1CCCC[C@H]1O)C(C)=O. The van der Waals surface area contributed by atoms with Crippen molar-refractivity contribution in [2.75, 3.05) is 12.8 Å². The molecule has 2 N–H and O–H groups in total. The molecule has 1 amide bonds. The lowest BCUT2D eigenvalue weighted by molar-refractivity contribution is -0.127. The van der Waals surface area contributed by atoms with Crippen molar-refractivity contribution < 1.29 is 19.4 Å². The first-order valence-corrected chi connectivity index (χ1v) is 8.05. The van der Waals surface area contributed by atoms with Gasteiger partial charge in [0.2, 0.25) is 13.3 Å². The minimum atomic E-state index is -3.50. The van der Waals surface area contributed by atoms with Crippen molar-refractivity contribution in [2.45, 2.75) is 51.3 Å². The molecule has 6 heteroatoms. The summed E-state index contributed by atoms with van der Waals surface area (Å²) in [5, 5.41) is 9.79. The van der Waals surface area contributed by atoms with E-state index in [4.69, 9.17) is 0 Å². The third-order valence-corrected chi connectivity index (χ3v) is 5.80. The van der Waals surface area contributed by atoms with Crippen LogP contribution in [0.4, 0.5) is 0 Å². The highest BCUT2D eigenvalue weighted by molar-refractivity contribution is 7.58. The van der Waals surface area contributed by atoms with E-state index in [0.717, 1.165) is 12.8 Å². The van der Waals surface area contributed by atoms with Crippen LogP contribution in [0.5, 0.6) is 0 Å². The average Bonchev–Trinajstić information content (AvgIpc) is 2.26. The Hall–Kier alpha value is -0.380. The lowest BCUT2D eigenvalue weighted by Crippen LogP contribution is -2.36. The molecular formula is C11H22NO4P. The van der Waals surface area contributed by atoms with Crippen LogP contribution < -0.4 is 0 Å². The summed E-state index contributed by atoms with van der Waals surface area (Å²) in [5.74, 6) is -0.202. The third-order valence-electron chi connectivity index (χ3n) is 3.41. The number of hydrogen-bond acceptors (Lipinski definition) is 3. The van der Waals surface area contributed by atoms with Crippen molar-refractivity contribution in [2.24, 2.45) is 0 Å². The van der Waals surface area contributed by atoms with Crippen molar-refractivity contribution in [3.05, 3.63) is 0 Å². The van der Waals surface area contributed by atoms with Crippen LogP contribution in [0.15, 0.2) is 0 Å². The van der Waals surface area contributed by atoms with E-state index in [2.05, 4.69) is 0 Å². The Bertz CT molecular complexity index is 321. The predicted molar refractivity (Wildman–Crippen MR) is 66.0 cm³/mol. The molecule has 0 saturated heterocycles. The monoisotopic (exact) mass is 263 g/mol. The van der Waals surface area contributed by atoms with Gasteiger partial charge in [0.1, 0.15) is 0 Å². The summed E-state index contributed by atoms with van der Waals surface area (Å²) < 4.78 is 12.3. The molecule has 1 saturated carbocycles. The highest BCUT2D eigenvalue weighted by Gasteiger charge is 2.39. The zero-order valence-electron chi connectivity index (χ0n) is 10.5. The maximum atomic E-state index is 12.3. The van der Waals surface area contributed by atoms with Gasteiger partial charge in [0.25, 0.3) is 0 Å². The van der Waals surface area contributed by atoms with Crippen molar-refractivity contribution in [3.63, 3.8) is 0 Å². The maximum absolute atomic E-state index is 12.3. The standard InChI is InChI=1S/C11H22NO4P/c1-3-12(9(2)13)8-17(15,16)11-7-5-4-6-10(11)14/h10-11,14H,3-8H2,1-2H3,(H,15,16)/t10-,11+/m1/s1. The third kappa shape index (κ3) is 3.80. The quantitative estimate of drug-likeness (QED) is 0.751. The molecule has 1 aliphatic carbocycles. The Labute approximate surface area is 102 Å². The molecule has 0 radical (unpaired) electrons. The van der Waals surface area contributed by atoms with Crippen molar-refractivity contribution in [1.82, 2.24) is 4.90 Å². The topological polar surface area (TPSA) is 77.8 Å². The molecule has 1 fully saturated rings. The number of aliphatic hydroxyl groups is 1. The van der Waals surface area contributed by atoms with Gasteiger partial charge in [-0.2, -0.15) is 0 Å². The van der Waals surface area contributed by atoms with Crippen LogP contribution in [0.3, 0.4) is 0 Å². The van der Waals surface area contributed by atoms with Gasteiger partial charge >= 0.3 is 0 Å². The van der Waals surface area contributed by atoms with Crippen LogP contribution in [-0.4, -0.2) is 45.4 Å². The van der Waals surface area contributed by atoms with E-state index in [1.165, 1.54) is 11.8 Å². The van der Waals surface area contributed by atoms with Gasteiger partial charge in [-0.3, -0.25) is 9.36 Å². The maximum Gasteiger partial charge on any atom is 0.224 e. The minimum Gasteiger partial charge on any atom is -0.392 e. The van der Waals surface area contributed by atoms with Crippen LogP contribution in [0.1, 0.15) is 39.5 Å². The first-order chi connectivity index (χ1) is 7.88. The summed E-state index contributed by atoms with van der Waals surface area (Å²) >= 11 is 0. The molecule has 0 aromatic carbocycles. The number of amides is 1. The van der Waals surface area contributed by atoms with Crippen LogP contribution in [0, 0.1) is 0 Å². The first-order valence-electron chi connectivity index (χ1n) is 6.13. The van der Waals surface area contributed by atoms with Gasteiger partial charge in [-0.1, -0.05) is 12.8 Å². The zero-order chi connectivity index (χ0) is 13.1. The fraction of sp³-hybridized carbons (Fsp3) is 0.909. The normalized spacial score (nSPS) is 28.5. The number of carbonyl (C=O) groups is 1. The minimum absolute atomic E-state index is 0.138. The molecule has 5 nitrogen and oxygen atoms in total. The number of carbonyl (C=O) groups excluding carboxylic acids is 1. The van der Waals surface area contributed by atoms with Crippen LogP contribution in [0.2, 0.25) is 0 Å². The molecule has 0 bridgehead atoms. The van der Waals surface area contributed by atoms with Crippen LogP contribution in [0.25, 0.3) is 0 Å². The lowest BCUT2D eigenvalue weighted by Gasteiger charge is -2.33. The number of rotatable bonds is 4. The molecule has 1 aliphatic rings. The molecule has 100 valence electrons. The fourth-order valence-corrected chi connectivity index (χ4v) is 4.71. The summed E-state index contributed by atoms with van der Waals surface area (Å²) in [5.41, 5.74) is -0.565. The predicted octanol–water partition coefficient (Wildman–Crippen LogP) is 1.39. The number of hydrogen-bond donors (Lipinski definition) is 2. The summed E-state index contributed by atoms with van der Waals surface area (Å²) in [6, 6.07) is 0. The zero-order valence-corrected chi connectivity index (χ0v) is 11.4.